The average molecular weight is 450 g/mol. The Labute approximate surface area is 194 Å². The Morgan fingerprint density at radius 1 is 0.938 bits per heavy atom. The molecule has 1 saturated carbocycles. The molecule has 32 heavy (non-hydrogen) atoms. The number of hydrogen-bond acceptors (Lipinski definition) is 7. The summed E-state index contributed by atoms with van der Waals surface area (Å²) in [5, 5.41) is 4.66. The molecule has 2 aliphatic rings. The number of nitrogens with one attached hydrogen (secondary N) is 1. The van der Waals surface area contributed by atoms with Crippen LogP contribution in [0, 0.1) is 0 Å². The van der Waals surface area contributed by atoms with Gasteiger partial charge in [-0.15, -0.1) is 0 Å². The highest BCUT2D eigenvalue weighted by Gasteiger charge is 2.22. The van der Waals surface area contributed by atoms with Crippen LogP contribution in [-0.4, -0.2) is 41.2 Å². The van der Waals surface area contributed by atoms with Crippen LogP contribution < -0.4 is 15.0 Å². The van der Waals surface area contributed by atoms with Gasteiger partial charge >= 0.3 is 0 Å². The molecule has 3 heterocycles. The van der Waals surface area contributed by atoms with Gasteiger partial charge in [0.2, 0.25) is 5.95 Å². The molecule has 1 saturated heterocycles. The molecule has 0 radical (unpaired) electrons. The molecular formula is C25H31N5OS. The van der Waals surface area contributed by atoms with Gasteiger partial charge in [0.25, 0.3) is 0 Å². The Kier molecular flexibility index (Phi) is 6.53. The lowest BCUT2D eigenvalue weighted by atomic mass is 9.96. The number of benzene rings is 1. The largest absolute Gasteiger partial charge is 0.497 e. The molecule has 1 N–H and O–H groups in total. The van der Waals surface area contributed by atoms with Gasteiger partial charge in [0, 0.05) is 30.9 Å². The molecule has 6 nitrogen and oxygen atoms in total. The topological polar surface area (TPSA) is 63.2 Å². The highest BCUT2D eigenvalue weighted by molar-refractivity contribution is 7.19. The summed E-state index contributed by atoms with van der Waals surface area (Å²) >= 11 is 1.74. The van der Waals surface area contributed by atoms with Crippen molar-refractivity contribution in [2.75, 3.05) is 30.4 Å². The van der Waals surface area contributed by atoms with Crippen LogP contribution in [0.3, 0.4) is 0 Å². The van der Waals surface area contributed by atoms with Crippen molar-refractivity contribution in [3.8, 4) is 27.6 Å². The monoisotopic (exact) mass is 449 g/mol. The summed E-state index contributed by atoms with van der Waals surface area (Å²) in [6.07, 6.45) is 11.9. The fourth-order valence-corrected chi connectivity index (χ4v) is 5.74. The van der Waals surface area contributed by atoms with Crippen LogP contribution in [0.15, 0.2) is 36.5 Å². The van der Waals surface area contributed by atoms with Gasteiger partial charge in [-0.2, -0.15) is 0 Å². The highest BCUT2D eigenvalue weighted by atomic mass is 32.1. The van der Waals surface area contributed by atoms with Crippen molar-refractivity contribution in [2.24, 2.45) is 0 Å². The number of thiazole rings is 1. The lowest BCUT2D eigenvalue weighted by molar-refractivity contribution is 0.415. The first-order valence-electron chi connectivity index (χ1n) is 11.8. The first-order chi connectivity index (χ1) is 15.8. The van der Waals surface area contributed by atoms with Crippen LogP contribution in [0.5, 0.6) is 5.75 Å². The van der Waals surface area contributed by atoms with Crippen LogP contribution in [0.25, 0.3) is 21.8 Å². The van der Waals surface area contributed by atoms with Gasteiger partial charge in [-0.05, 0) is 62.4 Å². The zero-order chi connectivity index (χ0) is 21.8. The van der Waals surface area contributed by atoms with Crippen LogP contribution in [0.1, 0.15) is 51.4 Å². The quantitative estimate of drug-likeness (QED) is 0.497. The Bertz CT molecular complexity index is 1020. The van der Waals surface area contributed by atoms with E-state index in [0.717, 1.165) is 51.7 Å². The molecule has 2 fully saturated rings. The van der Waals surface area contributed by atoms with E-state index in [1.54, 1.807) is 18.4 Å². The number of nitrogens with zero attached hydrogens (tertiary/aromatic N) is 4. The molecule has 2 aromatic heterocycles. The Hall–Kier alpha value is -2.67. The number of rotatable bonds is 6. The van der Waals surface area contributed by atoms with E-state index in [2.05, 4.69) is 27.3 Å². The second-order valence-corrected chi connectivity index (χ2v) is 9.67. The molecule has 0 bridgehead atoms. The molecule has 0 amide bonds. The summed E-state index contributed by atoms with van der Waals surface area (Å²) in [6.45, 7) is 2.15. The predicted octanol–water partition coefficient (Wildman–Crippen LogP) is 6.01. The molecule has 0 spiro atoms. The summed E-state index contributed by atoms with van der Waals surface area (Å²) in [7, 11) is 1.69. The summed E-state index contributed by atoms with van der Waals surface area (Å²) in [4.78, 5) is 18.1. The summed E-state index contributed by atoms with van der Waals surface area (Å²) in [5.74, 6) is 1.57. The Morgan fingerprint density at radius 2 is 1.69 bits per heavy atom. The van der Waals surface area contributed by atoms with Crippen molar-refractivity contribution >= 4 is 22.4 Å². The van der Waals surface area contributed by atoms with E-state index in [9.17, 15) is 0 Å². The summed E-state index contributed by atoms with van der Waals surface area (Å²) < 4.78 is 5.35. The highest BCUT2D eigenvalue weighted by Crippen LogP contribution is 2.40. The molecule has 0 unspecified atom stereocenters. The van der Waals surface area contributed by atoms with Crippen molar-refractivity contribution in [3.05, 3.63) is 36.5 Å². The van der Waals surface area contributed by atoms with Crippen molar-refractivity contribution in [2.45, 2.75) is 57.4 Å². The van der Waals surface area contributed by atoms with Crippen LogP contribution in [0.4, 0.5) is 11.1 Å². The lowest BCUT2D eigenvalue weighted by Crippen LogP contribution is -2.29. The van der Waals surface area contributed by atoms with Gasteiger partial charge in [0.1, 0.15) is 5.75 Å². The first kappa shape index (κ1) is 21.2. The van der Waals surface area contributed by atoms with Gasteiger partial charge < -0.3 is 15.0 Å². The number of methoxy groups -OCH3 is 1. The molecule has 168 valence electrons. The number of hydrogen-bond donors (Lipinski definition) is 1. The van der Waals surface area contributed by atoms with E-state index >= 15 is 0 Å². The molecule has 1 aliphatic carbocycles. The smallest absolute Gasteiger partial charge is 0.223 e. The normalized spacial score (nSPS) is 17.3. The number of piperidine rings is 1. The van der Waals surface area contributed by atoms with E-state index in [0.29, 0.717) is 6.04 Å². The minimum absolute atomic E-state index is 0.477. The van der Waals surface area contributed by atoms with Crippen molar-refractivity contribution in [3.63, 3.8) is 0 Å². The molecule has 5 rings (SSSR count). The van der Waals surface area contributed by atoms with Crippen LogP contribution in [0.2, 0.25) is 0 Å². The first-order valence-corrected chi connectivity index (χ1v) is 12.6. The van der Waals surface area contributed by atoms with Crippen molar-refractivity contribution < 1.29 is 4.74 Å². The Morgan fingerprint density at radius 3 is 2.44 bits per heavy atom. The minimum Gasteiger partial charge on any atom is -0.497 e. The Balaban J connectivity index is 1.49. The maximum absolute atomic E-state index is 5.35. The molecule has 7 heteroatoms. The molecule has 0 atom stereocenters. The maximum Gasteiger partial charge on any atom is 0.223 e. The third-order valence-corrected chi connectivity index (χ3v) is 7.57. The SMILES string of the molecule is COc1ccc(-c2nc(N3CCCCC3)sc2-c2ccnc(NC3CCCCC3)n2)cc1. The predicted molar refractivity (Wildman–Crippen MR) is 132 cm³/mol. The van der Waals surface area contributed by atoms with E-state index in [1.807, 2.05) is 24.4 Å². The second-order valence-electron chi connectivity index (χ2n) is 8.70. The number of aromatic nitrogens is 3. The van der Waals surface area contributed by atoms with Crippen molar-refractivity contribution in [1.82, 2.24) is 15.0 Å². The van der Waals surface area contributed by atoms with Crippen LogP contribution in [-0.2, 0) is 0 Å². The lowest BCUT2D eigenvalue weighted by Gasteiger charge is -2.25. The third kappa shape index (κ3) is 4.72. The van der Waals surface area contributed by atoms with Gasteiger partial charge in [-0.3, -0.25) is 0 Å². The van der Waals surface area contributed by atoms with E-state index in [-0.39, 0.29) is 0 Å². The van der Waals surface area contributed by atoms with E-state index in [1.165, 1.54) is 51.4 Å². The molecule has 3 aromatic rings. The fraction of sp³-hybridized carbons (Fsp3) is 0.480. The molecular weight excluding hydrogens is 418 g/mol. The molecule has 1 aliphatic heterocycles. The minimum atomic E-state index is 0.477. The summed E-state index contributed by atoms with van der Waals surface area (Å²) in [6, 6.07) is 10.6. The van der Waals surface area contributed by atoms with Gasteiger partial charge in [0.15, 0.2) is 5.13 Å². The number of ether oxygens (including phenoxy) is 1. The summed E-state index contributed by atoms with van der Waals surface area (Å²) in [5.41, 5.74) is 3.01. The zero-order valence-electron chi connectivity index (χ0n) is 18.7. The van der Waals surface area contributed by atoms with Gasteiger partial charge in [0.05, 0.1) is 23.4 Å². The second kappa shape index (κ2) is 9.86. The zero-order valence-corrected chi connectivity index (χ0v) is 19.5. The fourth-order valence-electron chi connectivity index (χ4n) is 4.63. The number of anilines is 2. The van der Waals surface area contributed by atoms with Crippen molar-refractivity contribution in [1.29, 1.82) is 0 Å². The third-order valence-electron chi connectivity index (χ3n) is 6.43. The maximum atomic E-state index is 5.35. The van der Waals surface area contributed by atoms with E-state index < -0.39 is 0 Å². The van der Waals surface area contributed by atoms with Gasteiger partial charge in [-0.25, -0.2) is 15.0 Å². The van der Waals surface area contributed by atoms with Gasteiger partial charge in [-0.1, -0.05) is 30.6 Å². The average Bonchev–Trinajstić information content (AvgIpc) is 3.31. The van der Waals surface area contributed by atoms with Crippen LogP contribution >= 0.6 is 11.3 Å². The molecule has 1 aromatic carbocycles. The van der Waals surface area contributed by atoms with E-state index in [4.69, 9.17) is 14.7 Å². The standard InChI is InChI=1S/C25H31N5OS/c1-31-20-12-10-18(11-13-20)22-23(32-25(29-22)30-16-6-3-7-17-30)21-14-15-26-24(28-21)27-19-8-4-2-5-9-19/h10-15,19H,2-9,16-17H2,1H3,(H,26,27,28).